The number of amides is 1. The topological polar surface area (TPSA) is 127 Å². The zero-order valence-electron chi connectivity index (χ0n) is 17.1. The minimum Gasteiger partial charge on any atom is -0.452 e. The Morgan fingerprint density at radius 1 is 1.22 bits per heavy atom. The number of esters is 1. The lowest BCUT2D eigenvalue weighted by Gasteiger charge is -2.13. The van der Waals surface area contributed by atoms with E-state index in [1.54, 1.807) is 11.5 Å². The van der Waals surface area contributed by atoms with E-state index in [2.05, 4.69) is 11.4 Å². The molecule has 2 aromatic carbocycles. The summed E-state index contributed by atoms with van der Waals surface area (Å²) in [5, 5.41) is 23.5. The lowest BCUT2D eigenvalue weighted by Crippen LogP contribution is -2.23. The number of nitrogens with one attached hydrogen (secondary N) is 1. The molecule has 1 amide bonds. The molecule has 10 heteroatoms. The monoisotopic (exact) mass is 452 g/mol. The summed E-state index contributed by atoms with van der Waals surface area (Å²) in [5.41, 5.74) is 1.61. The first kappa shape index (κ1) is 22.5. The van der Waals surface area contributed by atoms with E-state index < -0.39 is 29.1 Å². The van der Waals surface area contributed by atoms with Gasteiger partial charge in [0.05, 0.1) is 10.5 Å². The Morgan fingerprint density at radius 3 is 2.53 bits per heavy atom. The SMILES string of the molecule is Cc1c(C#N)c(NC(=O)COC(=O)c2ccc(Cl)cc2[N+](=O)[O-])n(-c2ccccc2)c1C. The molecular weight excluding hydrogens is 436 g/mol. The largest absolute Gasteiger partial charge is 0.452 e. The van der Waals surface area contributed by atoms with Gasteiger partial charge in [0.15, 0.2) is 6.61 Å². The molecular formula is C22H17ClN4O5. The number of nitro groups is 1. The molecule has 0 aliphatic rings. The van der Waals surface area contributed by atoms with Crippen LogP contribution in [-0.2, 0) is 9.53 Å². The number of hydrogen-bond acceptors (Lipinski definition) is 6. The molecule has 1 aromatic heterocycles. The van der Waals surface area contributed by atoms with E-state index in [9.17, 15) is 25.0 Å². The van der Waals surface area contributed by atoms with Gasteiger partial charge in [0.2, 0.25) is 0 Å². The first-order valence-electron chi connectivity index (χ1n) is 9.33. The van der Waals surface area contributed by atoms with Gasteiger partial charge in [0.1, 0.15) is 17.5 Å². The van der Waals surface area contributed by atoms with Crippen LogP contribution in [0.4, 0.5) is 11.5 Å². The number of benzene rings is 2. The smallest absolute Gasteiger partial charge is 0.345 e. The fourth-order valence-corrected chi connectivity index (χ4v) is 3.33. The van der Waals surface area contributed by atoms with E-state index in [1.165, 1.54) is 6.07 Å². The van der Waals surface area contributed by atoms with Crippen LogP contribution in [0, 0.1) is 35.3 Å². The number of para-hydroxylation sites is 1. The van der Waals surface area contributed by atoms with Crippen molar-refractivity contribution < 1.29 is 19.2 Å². The summed E-state index contributed by atoms with van der Waals surface area (Å²) in [6.07, 6.45) is 0. The summed E-state index contributed by atoms with van der Waals surface area (Å²) in [5.74, 6) is -1.51. The molecule has 0 bridgehead atoms. The summed E-state index contributed by atoms with van der Waals surface area (Å²) < 4.78 is 6.68. The predicted octanol–water partition coefficient (Wildman–Crippen LogP) is 4.32. The molecule has 0 unspecified atom stereocenters. The number of rotatable bonds is 6. The van der Waals surface area contributed by atoms with Gasteiger partial charge in [-0.2, -0.15) is 5.26 Å². The number of nitro benzene ring substituents is 1. The van der Waals surface area contributed by atoms with E-state index in [4.69, 9.17) is 16.3 Å². The maximum Gasteiger partial charge on any atom is 0.345 e. The first-order valence-corrected chi connectivity index (χ1v) is 9.70. The fourth-order valence-electron chi connectivity index (χ4n) is 3.17. The van der Waals surface area contributed by atoms with E-state index in [0.29, 0.717) is 5.56 Å². The number of anilines is 1. The number of hydrogen-bond donors (Lipinski definition) is 1. The molecule has 0 aliphatic heterocycles. The molecule has 9 nitrogen and oxygen atoms in total. The number of aromatic nitrogens is 1. The van der Waals surface area contributed by atoms with Crippen LogP contribution in [0.1, 0.15) is 27.2 Å². The normalized spacial score (nSPS) is 10.3. The van der Waals surface area contributed by atoms with E-state index in [-0.39, 0.29) is 22.0 Å². The van der Waals surface area contributed by atoms with Gasteiger partial charge in [-0.15, -0.1) is 0 Å². The van der Waals surface area contributed by atoms with Crippen LogP contribution in [-0.4, -0.2) is 28.0 Å². The van der Waals surface area contributed by atoms with Crippen molar-refractivity contribution in [1.29, 1.82) is 5.26 Å². The first-order chi connectivity index (χ1) is 15.2. The molecule has 0 aliphatic carbocycles. The summed E-state index contributed by atoms with van der Waals surface area (Å²) in [4.78, 5) is 35.2. The van der Waals surface area contributed by atoms with Gasteiger partial charge in [-0.05, 0) is 43.7 Å². The Kier molecular flexibility index (Phi) is 6.56. The third-order valence-corrected chi connectivity index (χ3v) is 5.04. The van der Waals surface area contributed by atoms with E-state index >= 15 is 0 Å². The van der Waals surface area contributed by atoms with Gasteiger partial charge < -0.3 is 10.1 Å². The van der Waals surface area contributed by atoms with Crippen molar-refractivity contribution in [2.45, 2.75) is 13.8 Å². The highest BCUT2D eigenvalue weighted by atomic mass is 35.5. The van der Waals surface area contributed by atoms with Crippen LogP contribution < -0.4 is 5.32 Å². The lowest BCUT2D eigenvalue weighted by atomic mass is 10.2. The van der Waals surface area contributed by atoms with Crippen LogP contribution in [0.25, 0.3) is 5.69 Å². The Bertz CT molecular complexity index is 1260. The molecule has 32 heavy (non-hydrogen) atoms. The van der Waals surface area contributed by atoms with Crippen LogP contribution in [0.3, 0.4) is 0 Å². The minimum atomic E-state index is -1.05. The molecule has 0 atom stereocenters. The van der Waals surface area contributed by atoms with Gasteiger partial charge in [0, 0.05) is 22.5 Å². The molecule has 0 radical (unpaired) electrons. The number of carbonyl (C=O) groups is 2. The second kappa shape index (κ2) is 9.32. The molecule has 0 saturated carbocycles. The molecule has 0 spiro atoms. The summed E-state index contributed by atoms with van der Waals surface area (Å²) in [7, 11) is 0. The third-order valence-electron chi connectivity index (χ3n) is 4.81. The molecule has 3 aromatic rings. The summed E-state index contributed by atoms with van der Waals surface area (Å²) >= 11 is 5.74. The Morgan fingerprint density at radius 2 is 1.91 bits per heavy atom. The van der Waals surface area contributed by atoms with Crippen molar-refractivity contribution in [1.82, 2.24) is 4.57 Å². The molecule has 0 fully saturated rings. The number of nitrogens with zero attached hydrogens (tertiary/aromatic N) is 3. The Labute approximate surface area is 187 Å². The van der Waals surface area contributed by atoms with Gasteiger partial charge >= 0.3 is 5.97 Å². The maximum atomic E-state index is 12.5. The highest BCUT2D eigenvalue weighted by molar-refractivity contribution is 6.31. The van der Waals surface area contributed by atoms with Gasteiger partial charge in [0.25, 0.3) is 11.6 Å². The zero-order chi connectivity index (χ0) is 23.4. The second-order valence-corrected chi connectivity index (χ2v) is 7.20. The van der Waals surface area contributed by atoms with Crippen molar-refractivity contribution in [3.05, 3.63) is 86.1 Å². The van der Waals surface area contributed by atoms with Crippen molar-refractivity contribution in [2.24, 2.45) is 0 Å². The standard InChI is InChI=1S/C22H17ClN4O5/c1-13-14(2)26(16-6-4-3-5-7-16)21(18(13)11-24)25-20(28)12-32-22(29)17-9-8-15(23)10-19(17)27(30)31/h3-10H,12H2,1-2H3,(H,25,28). The average molecular weight is 453 g/mol. The minimum absolute atomic E-state index is 0.0856. The fraction of sp³-hybridized carbons (Fsp3) is 0.136. The Hall–Kier alpha value is -4.16. The number of nitriles is 1. The van der Waals surface area contributed by atoms with Crippen molar-refractivity contribution in [2.75, 3.05) is 11.9 Å². The zero-order valence-corrected chi connectivity index (χ0v) is 17.8. The van der Waals surface area contributed by atoms with Gasteiger partial charge in [-0.25, -0.2) is 4.79 Å². The molecule has 0 saturated heterocycles. The lowest BCUT2D eigenvalue weighted by molar-refractivity contribution is -0.385. The van der Waals surface area contributed by atoms with E-state index in [1.807, 2.05) is 37.3 Å². The molecule has 3 rings (SSSR count). The highest BCUT2D eigenvalue weighted by Gasteiger charge is 2.24. The van der Waals surface area contributed by atoms with Crippen LogP contribution in [0.5, 0.6) is 0 Å². The summed E-state index contributed by atoms with van der Waals surface area (Å²) in [6, 6.07) is 14.7. The quantitative estimate of drug-likeness (QED) is 0.337. The summed E-state index contributed by atoms with van der Waals surface area (Å²) in [6.45, 7) is 2.88. The molecule has 162 valence electrons. The van der Waals surface area contributed by atoms with Crippen molar-refractivity contribution in [3.63, 3.8) is 0 Å². The van der Waals surface area contributed by atoms with Crippen LogP contribution in [0.2, 0.25) is 5.02 Å². The number of carbonyl (C=O) groups excluding carboxylic acids is 2. The number of halogens is 1. The van der Waals surface area contributed by atoms with Crippen LogP contribution in [0.15, 0.2) is 48.5 Å². The number of ether oxygens (including phenoxy) is 1. The maximum absolute atomic E-state index is 12.5. The second-order valence-electron chi connectivity index (χ2n) is 6.76. The predicted molar refractivity (Wildman–Crippen MR) is 117 cm³/mol. The van der Waals surface area contributed by atoms with E-state index in [0.717, 1.165) is 23.5 Å². The Balaban J connectivity index is 1.82. The molecule has 1 N–H and O–H groups in total. The van der Waals surface area contributed by atoms with Crippen molar-refractivity contribution in [3.8, 4) is 11.8 Å². The van der Waals surface area contributed by atoms with Gasteiger partial charge in [-0.3, -0.25) is 19.5 Å². The van der Waals surface area contributed by atoms with Gasteiger partial charge in [-0.1, -0.05) is 29.8 Å². The third kappa shape index (κ3) is 4.45. The average Bonchev–Trinajstić information content (AvgIpc) is 3.01. The van der Waals surface area contributed by atoms with Crippen LogP contribution >= 0.6 is 11.6 Å². The molecule has 1 heterocycles. The highest BCUT2D eigenvalue weighted by Crippen LogP contribution is 2.30. The van der Waals surface area contributed by atoms with Crippen molar-refractivity contribution >= 4 is 35.0 Å².